The molecule has 0 saturated carbocycles. The topological polar surface area (TPSA) is 61.2 Å². The molecular weight excluding hydrogens is 200 g/mol. The van der Waals surface area contributed by atoms with Crippen molar-refractivity contribution in [3.63, 3.8) is 0 Å². The van der Waals surface area contributed by atoms with Crippen molar-refractivity contribution in [1.82, 2.24) is 4.31 Å². The Morgan fingerprint density at radius 3 is 2.00 bits per heavy atom. The van der Waals surface area contributed by atoms with Crippen molar-refractivity contribution in [2.24, 2.45) is 0 Å². The molecule has 0 amide bonds. The van der Waals surface area contributed by atoms with Crippen LogP contribution in [0, 0.1) is 11.3 Å². The minimum Gasteiger partial charge on any atom is -0.212 e. The first-order valence-corrected chi connectivity index (χ1v) is 5.97. The number of rotatable bonds is 3. The summed E-state index contributed by atoms with van der Waals surface area (Å²) in [6.45, 7) is 8.35. The number of nitriles is 1. The molecule has 82 valence electrons. The molecule has 0 fully saturated rings. The van der Waals surface area contributed by atoms with Crippen molar-refractivity contribution in [3.8, 4) is 6.07 Å². The van der Waals surface area contributed by atoms with Gasteiger partial charge in [-0.1, -0.05) is 0 Å². The van der Waals surface area contributed by atoms with Crippen LogP contribution in [0.25, 0.3) is 0 Å². The second kappa shape index (κ2) is 4.28. The lowest BCUT2D eigenvalue weighted by atomic mass is 10.3. The maximum absolute atomic E-state index is 12.0. The maximum Gasteiger partial charge on any atom is 0.220 e. The van der Waals surface area contributed by atoms with Gasteiger partial charge in [-0.25, -0.2) is 8.42 Å². The van der Waals surface area contributed by atoms with Crippen molar-refractivity contribution in [2.75, 3.05) is 6.54 Å². The van der Waals surface area contributed by atoms with Gasteiger partial charge in [-0.2, -0.15) is 9.57 Å². The van der Waals surface area contributed by atoms with Gasteiger partial charge in [0.1, 0.15) is 6.54 Å². The first kappa shape index (κ1) is 13.4. The first-order chi connectivity index (χ1) is 6.14. The Kier molecular flexibility index (Phi) is 4.10. The van der Waals surface area contributed by atoms with E-state index in [4.69, 9.17) is 5.26 Å². The first-order valence-electron chi connectivity index (χ1n) is 4.53. The highest BCUT2D eigenvalue weighted by molar-refractivity contribution is 7.90. The average molecular weight is 218 g/mol. The van der Waals surface area contributed by atoms with E-state index in [1.54, 1.807) is 34.6 Å². The van der Waals surface area contributed by atoms with Gasteiger partial charge >= 0.3 is 0 Å². The number of nitrogens with zero attached hydrogens (tertiary/aromatic N) is 2. The van der Waals surface area contributed by atoms with E-state index in [0.29, 0.717) is 0 Å². The van der Waals surface area contributed by atoms with Gasteiger partial charge in [0, 0.05) is 6.04 Å². The van der Waals surface area contributed by atoms with Crippen molar-refractivity contribution < 1.29 is 8.42 Å². The molecule has 0 unspecified atom stereocenters. The predicted molar refractivity (Wildman–Crippen MR) is 56.1 cm³/mol. The molecule has 0 aromatic heterocycles. The molecule has 0 radical (unpaired) electrons. The highest BCUT2D eigenvalue weighted by Crippen LogP contribution is 2.21. The fourth-order valence-corrected chi connectivity index (χ4v) is 2.45. The van der Waals surface area contributed by atoms with Gasteiger partial charge in [-0.3, -0.25) is 0 Å². The molecule has 0 N–H and O–H groups in total. The summed E-state index contributed by atoms with van der Waals surface area (Å²) in [5, 5.41) is 8.56. The molecule has 0 atom stereocenters. The SMILES string of the molecule is CC(C)N(CC#N)S(=O)(=O)C(C)(C)C. The van der Waals surface area contributed by atoms with Crippen molar-refractivity contribution >= 4 is 10.0 Å². The zero-order chi connectivity index (χ0) is 11.6. The molecule has 0 bridgehead atoms. The van der Waals surface area contributed by atoms with Gasteiger partial charge in [0.2, 0.25) is 10.0 Å². The fourth-order valence-electron chi connectivity index (χ4n) is 0.967. The molecule has 0 aromatic carbocycles. The molecule has 0 heterocycles. The van der Waals surface area contributed by atoms with E-state index in [1.165, 1.54) is 4.31 Å². The molecule has 0 spiro atoms. The van der Waals surface area contributed by atoms with E-state index >= 15 is 0 Å². The van der Waals surface area contributed by atoms with Crippen LogP contribution >= 0.6 is 0 Å². The Morgan fingerprint density at radius 2 is 1.79 bits per heavy atom. The number of hydrogen-bond acceptors (Lipinski definition) is 3. The van der Waals surface area contributed by atoms with Crippen molar-refractivity contribution in [3.05, 3.63) is 0 Å². The molecule has 14 heavy (non-hydrogen) atoms. The van der Waals surface area contributed by atoms with Gasteiger partial charge < -0.3 is 0 Å². The van der Waals surface area contributed by atoms with Crippen LogP contribution in [0.3, 0.4) is 0 Å². The summed E-state index contributed by atoms with van der Waals surface area (Å²) in [5.74, 6) is 0. The smallest absolute Gasteiger partial charge is 0.212 e. The molecule has 0 rings (SSSR count). The molecular formula is C9H18N2O2S. The molecule has 5 heteroatoms. The summed E-state index contributed by atoms with van der Waals surface area (Å²) in [6, 6.07) is 1.69. The van der Waals surface area contributed by atoms with E-state index in [2.05, 4.69) is 0 Å². The largest absolute Gasteiger partial charge is 0.220 e. The van der Waals surface area contributed by atoms with Crippen LogP contribution in [0.15, 0.2) is 0 Å². The van der Waals surface area contributed by atoms with E-state index in [0.717, 1.165) is 0 Å². The van der Waals surface area contributed by atoms with Crippen LogP contribution in [-0.2, 0) is 10.0 Å². The lowest BCUT2D eigenvalue weighted by molar-refractivity contribution is 0.371. The zero-order valence-corrected chi connectivity index (χ0v) is 10.2. The number of hydrogen-bond donors (Lipinski definition) is 0. The Morgan fingerprint density at radius 1 is 1.36 bits per heavy atom. The van der Waals surface area contributed by atoms with E-state index in [9.17, 15) is 8.42 Å². The minimum atomic E-state index is -3.39. The van der Waals surface area contributed by atoms with Crippen molar-refractivity contribution in [2.45, 2.75) is 45.4 Å². The van der Waals surface area contributed by atoms with E-state index < -0.39 is 14.8 Å². The lowest BCUT2D eigenvalue weighted by Crippen LogP contribution is -2.46. The van der Waals surface area contributed by atoms with Crippen LogP contribution in [0.2, 0.25) is 0 Å². The summed E-state index contributed by atoms with van der Waals surface area (Å²) < 4.78 is 24.3. The third-order valence-electron chi connectivity index (χ3n) is 1.89. The van der Waals surface area contributed by atoms with Crippen LogP contribution in [0.1, 0.15) is 34.6 Å². The highest BCUT2D eigenvalue weighted by Gasteiger charge is 2.36. The molecule has 0 saturated heterocycles. The summed E-state index contributed by atoms with van der Waals surface area (Å²) in [4.78, 5) is 0. The standard InChI is InChI=1S/C9H18N2O2S/c1-8(2)11(7-6-10)14(12,13)9(3,4)5/h8H,7H2,1-5H3. The van der Waals surface area contributed by atoms with Crippen LogP contribution < -0.4 is 0 Å². The average Bonchev–Trinajstić information content (AvgIpc) is 1.96. The third-order valence-corrected chi connectivity index (χ3v) is 4.60. The third kappa shape index (κ3) is 2.69. The second-order valence-corrected chi connectivity index (χ2v) is 7.06. The zero-order valence-electron chi connectivity index (χ0n) is 9.40. The Labute approximate surface area is 86.6 Å². The minimum absolute atomic E-state index is 0.0860. The van der Waals surface area contributed by atoms with Crippen LogP contribution in [-0.4, -0.2) is 30.1 Å². The summed E-state index contributed by atoms with van der Waals surface area (Å²) in [6.07, 6.45) is 0. The normalized spacial score (nSPS) is 13.3. The number of sulfonamides is 1. The highest BCUT2D eigenvalue weighted by atomic mass is 32.2. The summed E-state index contributed by atoms with van der Waals surface area (Å²) >= 11 is 0. The summed E-state index contributed by atoms with van der Waals surface area (Å²) in [5.41, 5.74) is 0. The molecule has 0 aliphatic carbocycles. The van der Waals surface area contributed by atoms with Gasteiger partial charge in [-0.15, -0.1) is 0 Å². The lowest BCUT2D eigenvalue weighted by Gasteiger charge is -2.30. The van der Waals surface area contributed by atoms with Gasteiger partial charge in [0.05, 0.1) is 10.8 Å². The monoisotopic (exact) mass is 218 g/mol. The quantitative estimate of drug-likeness (QED) is 0.672. The Balaban J connectivity index is 5.15. The van der Waals surface area contributed by atoms with Gasteiger partial charge in [-0.05, 0) is 34.6 Å². The Hall–Kier alpha value is -0.600. The Bertz CT molecular complexity index is 320. The molecule has 0 aliphatic heterocycles. The molecule has 0 aromatic rings. The van der Waals surface area contributed by atoms with E-state index in [-0.39, 0.29) is 12.6 Å². The molecule has 4 nitrogen and oxygen atoms in total. The maximum atomic E-state index is 12.0. The van der Waals surface area contributed by atoms with Crippen molar-refractivity contribution in [1.29, 1.82) is 5.26 Å². The van der Waals surface area contributed by atoms with Crippen LogP contribution in [0.4, 0.5) is 0 Å². The van der Waals surface area contributed by atoms with E-state index in [1.807, 2.05) is 6.07 Å². The van der Waals surface area contributed by atoms with Crippen LogP contribution in [0.5, 0.6) is 0 Å². The predicted octanol–water partition coefficient (Wildman–Crippen LogP) is 1.35. The summed E-state index contributed by atoms with van der Waals surface area (Å²) in [7, 11) is -3.39. The second-order valence-electron chi connectivity index (χ2n) is 4.41. The van der Waals surface area contributed by atoms with Gasteiger partial charge in [0.15, 0.2) is 0 Å². The fraction of sp³-hybridized carbons (Fsp3) is 0.889. The van der Waals surface area contributed by atoms with Gasteiger partial charge in [0.25, 0.3) is 0 Å². The molecule has 0 aliphatic rings.